The van der Waals surface area contributed by atoms with Gasteiger partial charge in [0, 0.05) is 20.7 Å². The summed E-state index contributed by atoms with van der Waals surface area (Å²) in [4.78, 5) is 8.37. The molecule has 0 N–H and O–H groups in total. The lowest BCUT2D eigenvalue weighted by Crippen LogP contribution is -2.19. The quantitative estimate of drug-likeness (QED) is 0.414. The fraction of sp³-hybridized carbons (Fsp3) is 0.417. The smallest absolute Gasteiger partial charge is 0.206 e. The number of thiazole rings is 1. The van der Waals surface area contributed by atoms with E-state index in [1.54, 1.807) is 44.0 Å². The molecule has 1 aliphatic rings. The fourth-order valence-electron chi connectivity index (χ4n) is 3.93. The molecule has 2 aromatic heterocycles. The molecule has 0 amide bonds. The molecule has 8 heteroatoms. The lowest BCUT2D eigenvalue weighted by molar-refractivity contribution is 0.324. The first-order valence-electron chi connectivity index (χ1n) is 10.8. The molecule has 32 heavy (non-hydrogen) atoms. The molecule has 0 radical (unpaired) electrons. The highest BCUT2D eigenvalue weighted by atomic mass is 32.1. The van der Waals surface area contributed by atoms with E-state index in [0.29, 0.717) is 23.3 Å². The van der Waals surface area contributed by atoms with E-state index in [1.165, 1.54) is 24.1 Å². The minimum atomic E-state index is 0.362. The summed E-state index contributed by atoms with van der Waals surface area (Å²) in [7, 11) is 4.87. The lowest BCUT2D eigenvalue weighted by atomic mass is 9.96. The van der Waals surface area contributed by atoms with Gasteiger partial charge in [0.1, 0.15) is 0 Å². The van der Waals surface area contributed by atoms with Gasteiger partial charge in [-0.1, -0.05) is 19.3 Å². The van der Waals surface area contributed by atoms with Gasteiger partial charge in [-0.05, 0) is 44.0 Å². The second-order valence-corrected chi connectivity index (χ2v) is 9.90. The van der Waals surface area contributed by atoms with Crippen molar-refractivity contribution in [1.82, 2.24) is 4.68 Å². The third kappa shape index (κ3) is 4.91. The van der Waals surface area contributed by atoms with Crippen molar-refractivity contribution in [2.45, 2.75) is 45.1 Å². The van der Waals surface area contributed by atoms with Crippen LogP contribution in [-0.2, 0) is 0 Å². The van der Waals surface area contributed by atoms with Gasteiger partial charge in [-0.15, -0.1) is 22.7 Å². The van der Waals surface area contributed by atoms with Crippen LogP contribution in [0.2, 0.25) is 0 Å². The first-order chi connectivity index (χ1) is 15.6. The molecule has 1 aliphatic carbocycles. The van der Waals surface area contributed by atoms with Crippen molar-refractivity contribution in [3.8, 4) is 28.5 Å². The second kappa shape index (κ2) is 10.4. The van der Waals surface area contributed by atoms with Crippen LogP contribution in [0.15, 0.2) is 39.7 Å². The van der Waals surface area contributed by atoms with Crippen molar-refractivity contribution in [2.75, 3.05) is 21.3 Å². The van der Waals surface area contributed by atoms with Crippen molar-refractivity contribution in [3.63, 3.8) is 0 Å². The van der Waals surface area contributed by atoms with E-state index in [0.717, 1.165) is 33.8 Å². The maximum Gasteiger partial charge on any atom is 0.206 e. The van der Waals surface area contributed by atoms with Crippen LogP contribution in [0.1, 0.15) is 41.9 Å². The molecule has 1 aromatic carbocycles. The first kappa shape index (κ1) is 22.6. The normalized spacial score (nSPS) is 15.4. The van der Waals surface area contributed by atoms with Gasteiger partial charge >= 0.3 is 0 Å². The Morgan fingerprint density at radius 3 is 2.31 bits per heavy atom. The van der Waals surface area contributed by atoms with Crippen molar-refractivity contribution in [2.24, 2.45) is 10.1 Å². The summed E-state index contributed by atoms with van der Waals surface area (Å²) in [6.45, 7) is 2.10. The third-order valence-corrected chi connectivity index (χ3v) is 7.34. The van der Waals surface area contributed by atoms with Gasteiger partial charge in [-0.2, -0.15) is 5.10 Å². The van der Waals surface area contributed by atoms with Crippen molar-refractivity contribution >= 4 is 28.9 Å². The van der Waals surface area contributed by atoms with Crippen LogP contribution in [0.5, 0.6) is 17.2 Å². The van der Waals surface area contributed by atoms with Gasteiger partial charge in [-0.25, -0.2) is 4.68 Å². The van der Waals surface area contributed by atoms with Crippen LogP contribution in [-0.4, -0.2) is 38.3 Å². The average Bonchev–Trinajstić information content (AvgIpc) is 3.42. The minimum absolute atomic E-state index is 0.362. The number of aromatic nitrogens is 1. The predicted molar refractivity (Wildman–Crippen MR) is 132 cm³/mol. The maximum atomic E-state index is 5.57. The Labute approximate surface area is 196 Å². The van der Waals surface area contributed by atoms with Gasteiger partial charge in [0.2, 0.25) is 10.6 Å². The molecule has 170 valence electrons. The molecule has 6 nitrogen and oxygen atoms in total. The Hall–Kier alpha value is -2.58. The Balaban J connectivity index is 1.83. The van der Waals surface area contributed by atoms with Crippen LogP contribution >= 0.6 is 22.7 Å². The first-order valence-corrected chi connectivity index (χ1v) is 12.5. The molecule has 0 unspecified atom stereocenters. The number of benzene rings is 1. The van der Waals surface area contributed by atoms with E-state index < -0.39 is 0 Å². The van der Waals surface area contributed by atoms with Crippen molar-refractivity contribution in [1.29, 1.82) is 0 Å². The largest absolute Gasteiger partial charge is 0.493 e. The monoisotopic (exact) mass is 471 g/mol. The molecule has 1 saturated carbocycles. The summed E-state index contributed by atoms with van der Waals surface area (Å²) >= 11 is 3.34. The van der Waals surface area contributed by atoms with E-state index in [-0.39, 0.29) is 0 Å². The van der Waals surface area contributed by atoms with Crippen LogP contribution in [0, 0.1) is 6.92 Å². The van der Waals surface area contributed by atoms with E-state index >= 15 is 0 Å². The standard InChI is InChI=1S/C24H29N3O3S2/c1-16-10-11-19(32-16)14-25-27-20(15-31-24(27)26-18-8-6-5-7-9-18)17-12-21(28-2)23(30-4)22(13-17)29-3/h10-15,18H,5-9H2,1-4H3. The Morgan fingerprint density at radius 2 is 1.72 bits per heavy atom. The average molecular weight is 472 g/mol. The number of ether oxygens (including phenoxy) is 3. The number of hydrogen-bond acceptors (Lipinski definition) is 7. The van der Waals surface area contributed by atoms with Crippen LogP contribution in [0.3, 0.4) is 0 Å². The maximum absolute atomic E-state index is 5.57. The lowest BCUT2D eigenvalue weighted by Gasteiger charge is -2.17. The summed E-state index contributed by atoms with van der Waals surface area (Å²) in [5, 5.41) is 6.95. The molecule has 4 rings (SSSR count). The van der Waals surface area contributed by atoms with Crippen LogP contribution in [0.25, 0.3) is 11.3 Å². The topological polar surface area (TPSA) is 57.3 Å². The number of methoxy groups -OCH3 is 3. The number of rotatable bonds is 7. The molecule has 2 heterocycles. The summed E-state index contributed by atoms with van der Waals surface area (Å²) in [5.74, 6) is 1.80. The molecule has 0 atom stereocenters. The van der Waals surface area contributed by atoms with Gasteiger partial charge in [-0.3, -0.25) is 4.99 Å². The molecule has 3 aromatic rings. The van der Waals surface area contributed by atoms with E-state index in [2.05, 4.69) is 24.4 Å². The van der Waals surface area contributed by atoms with Crippen LogP contribution < -0.4 is 19.0 Å². The third-order valence-electron chi connectivity index (χ3n) is 5.58. The number of hydrogen-bond donors (Lipinski definition) is 0. The Bertz CT molecular complexity index is 1130. The Kier molecular flexibility index (Phi) is 7.32. The van der Waals surface area contributed by atoms with Crippen molar-refractivity contribution < 1.29 is 14.2 Å². The van der Waals surface area contributed by atoms with E-state index in [1.807, 2.05) is 23.0 Å². The van der Waals surface area contributed by atoms with E-state index in [4.69, 9.17) is 24.3 Å². The number of aryl methyl sites for hydroxylation is 1. The highest BCUT2D eigenvalue weighted by molar-refractivity contribution is 7.13. The predicted octanol–water partition coefficient (Wildman–Crippen LogP) is 5.73. The van der Waals surface area contributed by atoms with Crippen molar-refractivity contribution in [3.05, 3.63) is 44.2 Å². The van der Waals surface area contributed by atoms with Crippen LogP contribution in [0.4, 0.5) is 0 Å². The zero-order valence-corrected chi connectivity index (χ0v) is 20.6. The van der Waals surface area contributed by atoms with Gasteiger partial charge < -0.3 is 14.2 Å². The second-order valence-electron chi connectivity index (χ2n) is 7.74. The zero-order valence-electron chi connectivity index (χ0n) is 19.0. The molecule has 0 spiro atoms. The van der Waals surface area contributed by atoms with Gasteiger partial charge in [0.15, 0.2) is 11.5 Å². The summed E-state index contributed by atoms with van der Waals surface area (Å²) in [5.41, 5.74) is 1.87. The summed E-state index contributed by atoms with van der Waals surface area (Å²) in [6.07, 6.45) is 8.00. The van der Waals surface area contributed by atoms with Gasteiger partial charge in [0.25, 0.3) is 0 Å². The van der Waals surface area contributed by atoms with Gasteiger partial charge in [0.05, 0.1) is 39.3 Å². The summed E-state index contributed by atoms with van der Waals surface area (Å²) < 4.78 is 18.6. The number of nitrogens with zero attached hydrogens (tertiary/aromatic N) is 3. The SMILES string of the molecule is COc1cc(-c2csc(=NC3CCCCC3)n2N=Cc2ccc(C)s2)cc(OC)c1OC. The highest BCUT2D eigenvalue weighted by Gasteiger charge is 2.18. The highest BCUT2D eigenvalue weighted by Crippen LogP contribution is 2.41. The molecule has 0 saturated heterocycles. The van der Waals surface area contributed by atoms with E-state index in [9.17, 15) is 0 Å². The minimum Gasteiger partial charge on any atom is -0.493 e. The molecule has 0 bridgehead atoms. The summed E-state index contributed by atoms with van der Waals surface area (Å²) in [6, 6.07) is 8.47. The number of thiophene rings is 1. The fourth-order valence-corrected chi connectivity index (χ4v) is 5.58. The Morgan fingerprint density at radius 1 is 1.00 bits per heavy atom. The zero-order chi connectivity index (χ0) is 22.5. The molecular weight excluding hydrogens is 442 g/mol. The molecular formula is C24H29N3O3S2. The molecule has 0 aliphatic heterocycles. The molecule has 1 fully saturated rings.